The van der Waals surface area contributed by atoms with Gasteiger partial charge in [0.1, 0.15) is 0 Å². The van der Waals surface area contributed by atoms with Gasteiger partial charge in [0.05, 0.1) is 5.56 Å². The summed E-state index contributed by atoms with van der Waals surface area (Å²) in [6, 6.07) is 8.52. The lowest BCUT2D eigenvalue weighted by molar-refractivity contribution is -0.124. The second-order valence-electron chi connectivity index (χ2n) is 7.02. The molecule has 0 saturated carbocycles. The number of amides is 2. The third-order valence-electron chi connectivity index (χ3n) is 4.91. The standard InChI is InChI=1S/C22H24ClN5O2/c1-2-11-28-19-8-7-16(23)12-18(19)22(21(28)30,13-17(25)6-3-9-24)27-20(29)15-5-4-10-26-14-15/h3-10,12,14H,2,11,13,24-25H2,1H3,(H,27,29)/b9-3-,17-6-. The van der Waals surface area contributed by atoms with Crippen LogP contribution in [0.4, 0.5) is 5.69 Å². The molecule has 7 nitrogen and oxygen atoms in total. The average Bonchev–Trinajstić information content (AvgIpc) is 2.95. The van der Waals surface area contributed by atoms with Crippen molar-refractivity contribution in [2.45, 2.75) is 25.3 Å². The molecule has 1 aliphatic heterocycles. The highest BCUT2D eigenvalue weighted by atomic mass is 35.5. The van der Waals surface area contributed by atoms with Crippen molar-refractivity contribution in [3.8, 4) is 0 Å². The van der Waals surface area contributed by atoms with E-state index in [-0.39, 0.29) is 12.3 Å². The van der Waals surface area contributed by atoms with E-state index in [4.69, 9.17) is 23.1 Å². The number of carbonyl (C=O) groups is 2. The second-order valence-corrected chi connectivity index (χ2v) is 7.46. The van der Waals surface area contributed by atoms with Crippen molar-refractivity contribution in [3.05, 3.63) is 82.9 Å². The Kier molecular flexibility index (Phi) is 6.42. The number of anilines is 1. The number of hydrogen-bond acceptors (Lipinski definition) is 5. The van der Waals surface area contributed by atoms with Crippen LogP contribution in [0.2, 0.25) is 5.02 Å². The fourth-order valence-electron chi connectivity index (χ4n) is 3.63. The Morgan fingerprint density at radius 2 is 2.17 bits per heavy atom. The number of pyridine rings is 1. The molecule has 0 radical (unpaired) electrons. The molecule has 1 aromatic heterocycles. The summed E-state index contributed by atoms with van der Waals surface area (Å²) in [5, 5.41) is 3.39. The van der Waals surface area contributed by atoms with Crippen LogP contribution in [-0.4, -0.2) is 23.3 Å². The minimum Gasteiger partial charge on any atom is -0.405 e. The monoisotopic (exact) mass is 425 g/mol. The molecule has 1 atom stereocenters. The van der Waals surface area contributed by atoms with Gasteiger partial charge in [0.15, 0.2) is 5.54 Å². The van der Waals surface area contributed by atoms with Gasteiger partial charge in [-0.05, 0) is 55.1 Å². The van der Waals surface area contributed by atoms with Crippen LogP contribution in [0, 0.1) is 0 Å². The lowest BCUT2D eigenvalue weighted by Crippen LogP contribution is -2.53. The van der Waals surface area contributed by atoms with Crippen molar-refractivity contribution in [1.82, 2.24) is 10.3 Å². The van der Waals surface area contributed by atoms with Crippen LogP contribution in [0.15, 0.2) is 66.8 Å². The largest absolute Gasteiger partial charge is 0.405 e. The maximum atomic E-state index is 13.7. The summed E-state index contributed by atoms with van der Waals surface area (Å²) in [6.07, 6.45) is 8.37. The Bertz CT molecular complexity index is 1010. The zero-order valence-electron chi connectivity index (χ0n) is 16.6. The molecule has 5 N–H and O–H groups in total. The van der Waals surface area contributed by atoms with E-state index in [9.17, 15) is 9.59 Å². The molecule has 0 fully saturated rings. The maximum absolute atomic E-state index is 13.7. The highest BCUT2D eigenvalue weighted by Gasteiger charge is 2.52. The highest BCUT2D eigenvalue weighted by molar-refractivity contribution is 6.31. The third kappa shape index (κ3) is 4.02. The Labute approximate surface area is 180 Å². The maximum Gasteiger partial charge on any atom is 0.257 e. The van der Waals surface area contributed by atoms with Crippen LogP contribution in [-0.2, 0) is 10.3 Å². The number of nitrogens with zero attached hydrogens (tertiary/aromatic N) is 2. The first-order valence-electron chi connectivity index (χ1n) is 9.60. The van der Waals surface area contributed by atoms with Crippen molar-refractivity contribution in [1.29, 1.82) is 0 Å². The van der Waals surface area contributed by atoms with E-state index >= 15 is 0 Å². The number of allylic oxidation sites excluding steroid dienone is 2. The Morgan fingerprint density at radius 1 is 1.37 bits per heavy atom. The smallest absolute Gasteiger partial charge is 0.257 e. The molecule has 3 rings (SSSR count). The van der Waals surface area contributed by atoms with Gasteiger partial charge in [-0.15, -0.1) is 0 Å². The van der Waals surface area contributed by atoms with E-state index < -0.39 is 11.4 Å². The van der Waals surface area contributed by atoms with E-state index in [0.717, 1.165) is 6.42 Å². The predicted octanol–water partition coefficient (Wildman–Crippen LogP) is 2.82. The molecular formula is C22H24ClN5O2. The molecule has 30 heavy (non-hydrogen) atoms. The van der Waals surface area contributed by atoms with E-state index in [1.807, 2.05) is 6.92 Å². The van der Waals surface area contributed by atoms with Crippen molar-refractivity contribution in [3.63, 3.8) is 0 Å². The molecule has 1 aromatic carbocycles. The van der Waals surface area contributed by atoms with Gasteiger partial charge in [0, 0.05) is 47.3 Å². The fraction of sp³-hybridized carbons (Fsp3) is 0.227. The van der Waals surface area contributed by atoms with Gasteiger partial charge in [0.25, 0.3) is 11.8 Å². The summed E-state index contributed by atoms with van der Waals surface area (Å²) in [5.74, 6) is -0.685. The van der Waals surface area contributed by atoms with E-state index in [1.165, 1.54) is 12.4 Å². The van der Waals surface area contributed by atoms with Gasteiger partial charge < -0.3 is 21.7 Å². The fourth-order valence-corrected chi connectivity index (χ4v) is 3.80. The zero-order chi connectivity index (χ0) is 21.7. The van der Waals surface area contributed by atoms with E-state index in [0.29, 0.717) is 34.1 Å². The van der Waals surface area contributed by atoms with Crippen LogP contribution in [0.1, 0.15) is 35.7 Å². The third-order valence-corrected chi connectivity index (χ3v) is 5.14. The first-order valence-corrected chi connectivity index (χ1v) is 9.98. The van der Waals surface area contributed by atoms with Crippen LogP contribution < -0.4 is 21.7 Å². The SMILES string of the molecule is CCCN1C(=O)C(C/C(N)=C/C=C\N)(NC(=O)c2cccnc2)c2cc(Cl)ccc21. The van der Waals surface area contributed by atoms with Crippen LogP contribution >= 0.6 is 11.6 Å². The van der Waals surface area contributed by atoms with Gasteiger partial charge in [0.2, 0.25) is 0 Å². The van der Waals surface area contributed by atoms with E-state index in [2.05, 4.69) is 10.3 Å². The highest BCUT2D eigenvalue weighted by Crippen LogP contribution is 2.44. The minimum atomic E-state index is -1.40. The minimum absolute atomic E-state index is 0.0652. The first kappa shape index (κ1) is 21.4. The molecule has 0 spiro atoms. The van der Waals surface area contributed by atoms with E-state index in [1.54, 1.807) is 53.6 Å². The summed E-state index contributed by atoms with van der Waals surface area (Å²) in [6.45, 7) is 2.49. The summed E-state index contributed by atoms with van der Waals surface area (Å²) < 4.78 is 0. The lowest BCUT2D eigenvalue weighted by Gasteiger charge is -2.30. The number of halogens is 1. The number of fused-ring (bicyclic) bond motifs is 1. The Morgan fingerprint density at radius 3 is 2.83 bits per heavy atom. The number of aromatic nitrogens is 1. The normalized spacial score (nSPS) is 18.7. The molecule has 0 bridgehead atoms. The average molecular weight is 426 g/mol. The topological polar surface area (TPSA) is 114 Å². The summed E-state index contributed by atoms with van der Waals surface area (Å²) >= 11 is 6.27. The molecule has 156 valence electrons. The molecule has 2 amide bonds. The number of rotatable bonds is 7. The molecular weight excluding hydrogens is 402 g/mol. The van der Waals surface area contributed by atoms with Crippen molar-refractivity contribution in [2.75, 3.05) is 11.4 Å². The summed E-state index contributed by atoms with van der Waals surface area (Å²) in [4.78, 5) is 32.4. The lowest BCUT2D eigenvalue weighted by atomic mass is 9.86. The molecule has 0 saturated heterocycles. The van der Waals surface area contributed by atoms with Crippen molar-refractivity contribution < 1.29 is 9.59 Å². The number of benzene rings is 1. The zero-order valence-corrected chi connectivity index (χ0v) is 17.4. The Hall–Kier alpha value is -3.32. The van der Waals surface area contributed by atoms with Crippen LogP contribution in [0.3, 0.4) is 0 Å². The van der Waals surface area contributed by atoms with Crippen LogP contribution in [0.5, 0.6) is 0 Å². The molecule has 0 aliphatic carbocycles. The Balaban J connectivity index is 2.14. The number of nitrogens with one attached hydrogen (secondary N) is 1. The molecule has 1 aliphatic rings. The number of nitrogens with two attached hydrogens (primary N) is 2. The second kappa shape index (κ2) is 9.00. The summed E-state index contributed by atoms with van der Waals surface area (Å²) in [7, 11) is 0. The van der Waals surface area contributed by atoms with Gasteiger partial charge in [-0.25, -0.2) is 0 Å². The van der Waals surface area contributed by atoms with Gasteiger partial charge in [-0.1, -0.05) is 18.5 Å². The predicted molar refractivity (Wildman–Crippen MR) is 118 cm³/mol. The van der Waals surface area contributed by atoms with Gasteiger partial charge in [-0.2, -0.15) is 0 Å². The van der Waals surface area contributed by atoms with Crippen LogP contribution in [0.25, 0.3) is 0 Å². The first-order chi connectivity index (χ1) is 14.4. The molecule has 2 heterocycles. The van der Waals surface area contributed by atoms with Crippen molar-refractivity contribution >= 4 is 29.1 Å². The number of hydrogen-bond donors (Lipinski definition) is 3. The number of carbonyl (C=O) groups excluding carboxylic acids is 2. The molecule has 2 aromatic rings. The van der Waals surface area contributed by atoms with Gasteiger partial charge in [-0.3, -0.25) is 14.6 Å². The quantitative estimate of drug-likeness (QED) is 0.590. The van der Waals surface area contributed by atoms with Gasteiger partial charge >= 0.3 is 0 Å². The molecule has 1 unspecified atom stereocenters. The molecule has 8 heteroatoms. The summed E-state index contributed by atoms with van der Waals surface area (Å²) in [5.41, 5.74) is 12.3. The van der Waals surface area contributed by atoms with Crippen molar-refractivity contribution in [2.24, 2.45) is 11.5 Å².